The number of carbonyl (C=O) groups is 4. The molecule has 0 fully saturated rings. The monoisotopic (exact) mass is 332 g/mol. The molecule has 7 nitrogen and oxygen atoms in total. The van der Waals surface area contributed by atoms with Gasteiger partial charge >= 0.3 is 0 Å². The molecule has 1 N–H and O–H groups in total. The summed E-state index contributed by atoms with van der Waals surface area (Å²) in [6.07, 6.45) is 0.635. The number of ether oxygens (including phenoxy) is 1. The molecule has 0 bridgehead atoms. The zero-order chi connectivity index (χ0) is 17.9. The number of hydrogen-bond donors (Lipinski definition) is 1. The Morgan fingerprint density at radius 3 is 2.58 bits per heavy atom. The maximum atomic E-state index is 12.8. The van der Waals surface area contributed by atoms with E-state index < -0.39 is 23.8 Å². The van der Waals surface area contributed by atoms with Crippen molar-refractivity contribution in [3.8, 4) is 5.75 Å². The summed E-state index contributed by atoms with van der Waals surface area (Å²) in [4.78, 5) is 49.1. The van der Waals surface area contributed by atoms with E-state index in [4.69, 9.17) is 4.74 Å². The Labute approximate surface area is 140 Å². The van der Waals surface area contributed by atoms with E-state index in [2.05, 4.69) is 5.32 Å². The van der Waals surface area contributed by atoms with Gasteiger partial charge < -0.3 is 14.8 Å². The van der Waals surface area contributed by atoms with Gasteiger partial charge in [0.2, 0.25) is 5.91 Å². The molecular formula is C17H20N2O5. The topological polar surface area (TPSA) is 92.8 Å². The molecular weight excluding hydrogens is 312 g/mol. The Balaban J connectivity index is 2.44. The van der Waals surface area contributed by atoms with Crippen molar-refractivity contribution in [3.05, 3.63) is 29.3 Å². The van der Waals surface area contributed by atoms with E-state index in [9.17, 15) is 19.2 Å². The normalized spacial score (nSPS) is 14.6. The number of fused-ring (bicyclic) bond motifs is 1. The van der Waals surface area contributed by atoms with Crippen LogP contribution in [-0.2, 0) is 9.59 Å². The fraction of sp³-hybridized carbons (Fsp3) is 0.412. The fourth-order valence-corrected chi connectivity index (χ4v) is 2.68. The zero-order valence-corrected chi connectivity index (χ0v) is 13.9. The maximum absolute atomic E-state index is 12.8. The molecule has 2 rings (SSSR count). The Hall–Kier alpha value is -2.70. The second-order valence-electron chi connectivity index (χ2n) is 5.70. The SMILES string of the molecule is CNC(=O)C(CCC=O)N1C(=O)c2cccc(OC(C)C)c2C1=O. The molecule has 0 aromatic heterocycles. The Kier molecular flexibility index (Phi) is 5.33. The van der Waals surface area contributed by atoms with Crippen molar-refractivity contribution >= 4 is 24.0 Å². The molecule has 1 heterocycles. The average molecular weight is 332 g/mol. The number of hydrogen-bond acceptors (Lipinski definition) is 5. The maximum Gasteiger partial charge on any atom is 0.266 e. The Morgan fingerprint density at radius 2 is 2.00 bits per heavy atom. The summed E-state index contributed by atoms with van der Waals surface area (Å²) in [7, 11) is 1.42. The lowest BCUT2D eigenvalue weighted by atomic mass is 10.1. The van der Waals surface area contributed by atoms with Crippen LogP contribution in [0.15, 0.2) is 18.2 Å². The minimum Gasteiger partial charge on any atom is -0.490 e. The van der Waals surface area contributed by atoms with Crippen molar-refractivity contribution in [2.45, 2.75) is 38.8 Å². The number of nitrogens with zero attached hydrogens (tertiary/aromatic N) is 1. The third-order valence-corrected chi connectivity index (χ3v) is 3.69. The van der Waals surface area contributed by atoms with Crippen LogP contribution < -0.4 is 10.1 Å². The summed E-state index contributed by atoms with van der Waals surface area (Å²) >= 11 is 0. The van der Waals surface area contributed by atoms with E-state index in [0.717, 1.165) is 4.90 Å². The van der Waals surface area contributed by atoms with Crippen molar-refractivity contribution in [3.63, 3.8) is 0 Å². The van der Waals surface area contributed by atoms with Crippen LogP contribution in [0.3, 0.4) is 0 Å². The zero-order valence-electron chi connectivity index (χ0n) is 13.9. The summed E-state index contributed by atoms with van der Waals surface area (Å²) in [5.74, 6) is -1.30. The van der Waals surface area contributed by atoms with E-state index in [1.54, 1.807) is 12.1 Å². The molecule has 0 radical (unpaired) electrons. The first-order chi connectivity index (χ1) is 11.4. The van der Waals surface area contributed by atoms with Gasteiger partial charge in [-0.25, -0.2) is 0 Å². The summed E-state index contributed by atoms with van der Waals surface area (Å²) < 4.78 is 5.62. The summed E-state index contributed by atoms with van der Waals surface area (Å²) in [5.41, 5.74) is 0.370. The highest BCUT2D eigenvalue weighted by atomic mass is 16.5. The molecule has 0 spiro atoms. The van der Waals surface area contributed by atoms with Gasteiger partial charge in [0.1, 0.15) is 18.1 Å². The van der Waals surface area contributed by atoms with Gasteiger partial charge in [-0.1, -0.05) is 6.07 Å². The van der Waals surface area contributed by atoms with E-state index in [1.165, 1.54) is 13.1 Å². The molecule has 0 aliphatic carbocycles. The number of likely N-dealkylation sites (N-methyl/N-ethyl adjacent to an activating group) is 1. The molecule has 1 aliphatic rings. The highest BCUT2D eigenvalue weighted by Gasteiger charge is 2.44. The predicted octanol–water partition coefficient (Wildman–Crippen LogP) is 1.16. The Bertz CT molecular complexity index is 684. The number of imide groups is 1. The molecule has 7 heteroatoms. The lowest BCUT2D eigenvalue weighted by Crippen LogP contribution is -2.48. The van der Waals surface area contributed by atoms with Crippen LogP contribution >= 0.6 is 0 Å². The summed E-state index contributed by atoms with van der Waals surface area (Å²) in [5, 5.41) is 2.43. The molecule has 1 aromatic rings. The standard InChI is InChI=1S/C17H20N2O5/c1-10(2)24-13-8-4-6-11-14(13)17(23)19(16(11)22)12(7-5-9-20)15(21)18-3/h4,6,8-10,12H,5,7H2,1-3H3,(H,18,21). The van der Waals surface area contributed by atoms with Gasteiger partial charge in [-0.05, 0) is 32.4 Å². The van der Waals surface area contributed by atoms with Crippen molar-refractivity contribution in [1.82, 2.24) is 10.2 Å². The molecule has 1 aliphatic heterocycles. The summed E-state index contributed by atoms with van der Waals surface area (Å²) in [6.45, 7) is 3.63. The fourth-order valence-electron chi connectivity index (χ4n) is 2.68. The van der Waals surface area contributed by atoms with E-state index in [0.29, 0.717) is 12.0 Å². The predicted molar refractivity (Wildman–Crippen MR) is 85.9 cm³/mol. The van der Waals surface area contributed by atoms with Gasteiger partial charge in [0.15, 0.2) is 0 Å². The second-order valence-corrected chi connectivity index (χ2v) is 5.70. The number of carbonyl (C=O) groups excluding carboxylic acids is 4. The van der Waals surface area contributed by atoms with Crippen molar-refractivity contribution in [2.24, 2.45) is 0 Å². The summed E-state index contributed by atoms with van der Waals surface area (Å²) in [6, 6.07) is 3.75. The van der Waals surface area contributed by atoms with Gasteiger partial charge in [-0.3, -0.25) is 19.3 Å². The van der Waals surface area contributed by atoms with Crippen molar-refractivity contribution in [2.75, 3.05) is 7.05 Å². The number of rotatable bonds is 7. The van der Waals surface area contributed by atoms with Crippen LogP contribution in [0.4, 0.5) is 0 Å². The minimum absolute atomic E-state index is 0.0703. The molecule has 24 heavy (non-hydrogen) atoms. The molecule has 3 amide bonds. The number of amides is 3. The number of nitrogens with one attached hydrogen (secondary N) is 1. The number of benzene rings is 1. The third-order valence-electron chi connectivity index (χ3n) is 3.69. The van der Waals surface area contributed by atoms with Gasteiger partial charge in [-0.15, -0.1) is 0 Å². The van der Waals surface area contributed by atoms with E-state index in [-0.39, 0.29) is 30.1 Å². The molecule has 0 saturated heterocycles. The molecule has 1 atom stereocenters. The van der Waals surface area contributed by atoms with Crippen LogP contribution in [0.25, 0.3) is 0 Å². The van der Waals surface area contributed by atoms with Crippen molar-refractivity contribution in [1.29, 1.82) is 0 Å². The first-order valence-electron chi connectivity index (χ1n) is 7.75. The molecule has 128 valence electrons. The van der Waals surface area contributed by atoms with Crippen LogP contribution in [0.1, 0.15) is 47.4 Å². The largest absolute Gasteiger partial charge is 0.490 e. The Morgan fingerprint density at radius 1 is 1.29 bits per heavy atom. The molecule has 1 unspecified atom stereocenters. The highest BCUT2D eigenvalue weighted by molar-refractivity contribution is 6.24. The highest BCUT2D eigenvalue weighted by Crippen LogP contribution is 2.33. The van der Waals surface area contributed by atoms with Crippen LogP contribution in [0.2, 0.25) is 0 Å². The molecule has 1 aromatic carbocycles. The first-order valence-corrected chi connectivity index (χ1v) is 7.75. The first kappa shape index (κ1) is 17.7. The van der Waals surface area contributed by atoms with E-state index >= 15 is 0 Å². The lowest BCUT2D eigenvalue weighted by molar-refractivity contribution is -0.124. The minimum atomic E-state index is -1.03. The van der Waals surface area contributed by atoms with Crippen LogP contribution in [0, 0.1) is 0 Å². The van der Waals surface area contributed by atoms with Gasteiger partial charge in [0.05, 0.1) is 17.2 Å². The lowest BCUT2D eigenvalue weighted by Gasteiger charge is -2.24. The smallest absolute Gasteiger partial charge is 0.266 e. The van der Waals surface area contributed by atoms with E-state index in [1.807, 2.05) is 13.8 Å². The quantitative estimate of drug-likeness (QED) is 0.597. The van der Waals surface area contributed by atoms with Crippen LogP contribution in [0.5, 0.6) is 5.75 Å². The van der Waals surface area contributed by atoms with Gasteiger partial charge in [-0.2, -0.15) is 0 Å². The van der Waals surface area contributed by atoms with Crippen molar-refractivity contribution < 1.29 is 23.9 Å². The molecule has 0 saturated carbocycles. The van der Waals surface area contributed by atoms with Gasteiger partial charge in [0.25, 0.3) is 11.8 Å². The van der Waals surface area contributed by atoms with Gasteiger partial charge in [0, 0.05) is 13.5 Å². The van der Waals surface area contributed by atoms with Crippen LogP contribution in [-0.4, -0.2) is 48.1 Å². The average Bonchev–Trinajstić information content (AvgIpc) is 2.80. The second kappa shape index (κ2) is 7.25. The number of aldehydes is 1. The third kappa shape index (κ3) is 3.15.